The van der Waals surface area contributed by atoms with E-state index in [0.717, 1.165) is 0 Å². The number of carbonyl (C=O) groups is 1. The van der Waals surface area contributed by atoms with Crippen molar-refractivity contribution < 1.29 is 39.4 Å². The average Bonchev–Trinajstić information content (AvgIpc) is 2.73. The number of aliphatic hydroxyl groups excluding tert-OH is 4. The Hall–Kier alpha value is -1.91. The smallest absolute Gasteiger partial charge is 0.337 e. The largest absolute Gasteiger partial charge is 0.465 e. The Kier molecular flexibility index (Phi) is 7.20. The first-order valence-corrected chi connectivity index (χ1v) is 9.67. The summed E-state index contributed by atoms with van der Waals surface area (Å²) in [6.45, 7) is -0.577. The van der Waals surface area contributed by atoms with E-state index in [0.29, 0.717) is 16.7 Å². The number of benzene rings is 2. The highest BCUT2D eigenvalue weighted by molar-refractivity contribution is 6.39. The number of carbonyl (C=O) groups excluding carboxylic acids is 1. The van der Waals surface area contributed by atoms with Gasteiger partial charge in [-0.1, -0.05) is 35.3 Å². The predicted octanol–water partition coefficient (Wildman–Crippen LogP) is 1.63. The fourth-order valence-corrected chi connectivity index (χ4v) is 3.77. The van der Waals surface area contributed by atoms with Crippen molar-refractivity contribution in [2.24, 2.45) is 0 Å². The number of ether oxygens (including phenoxy) is 3. The molecule has 1 fully saturated rings. The van der Waals surface area contributed by atoms with Crippen LogP contribution in [0.15, 0.2) is 36.4 Å². The monoisotopic (exact) mass is 458 g/mol. The molecule has 1 heterocycles. The molecule has 10 heteroatoms. The van der Waals surface area contributed by atoms with Crippen molar-refractivity contribution in [3.05, 3.63) is 52.0 Å². The summed E-state index contributed by atoms with van der Waals surface area (Å²) >= 11 is 12.7. The van der Waals surface area contributed by atoms with Crippen LogP contribution in [0.2, 0.25) is 10.0 Å². The molecule has 0 amide bonds. The van der Waals surface area contributed by atoms with Gasteiger partial charge in [-0.2, -0.15) is 0 Å². The SMILES string of the molecule is COC(=O)c1ccc(-c2c(Cl)cc(OC3OC(CO)C(O)C(O)C3O)cc2Cl)cc1. The third-order valence-electron chi connectivity index (χ3n) is 4.71. The third kappa shape index (κ3) is 4.55. The Morgan fingerprint density at radius 3 is 2.17 bits per heavy atom. The van der Waals surface area contributed by atoms with Gasteiger partial charge in [-0.05, 0) is 29.8 Å². The van der Waals surface area contributed by atoms with E-state index in [4.69, 9.17) is 32.7 Å². The molecule has 1 aliphatic heterocycles. The Morgan fingerprint density at radius 1 is 1.03 bits per heavy atom. The van der Waals surface area contributed by atoms with Crippen LogP contribution < -0.4 is 4.74 Å². The van der Waals surface area contributed by atoms with Gasteiger partial charge in [0, 0.05) is 5.56 Å². The minimum absolute atomic E-state index is 0.143. The Labute approximate surface area is 182 Å². The van der Waals surface area contributed by atoms with Gasteiger partial charge in [0.2, 0.25) is 6.29 Å². The highest BCUT2D eigenvalue weighted by atomic mass is 35.5. The number of esters is 1. The van der Waals surface area contributed by atoms with Gasteiger partial charge in [-0.25, -0.2) is 4.79 Å². The molecule has 1 saturated heterocycles. The third-order valence-corrected chi connectivity index (χ3v) is 5.31. The van der Waals surface area contributed by atoms with Crippen molar-refractivity contribution in [2.75, 3.05) is 13.7 Å². The lowest BCUT2D eigenvalue weighted by atomic mass is 9.99. The Morgan fingerprint density at radius 2 is 1.63 bits per heavy atom. The van der Waals surface area contributed by atoms with Gasteiger partial charge < -0.3 is 34.6 Å². The number of methoxy groups -OCH3 is 1. The molecule has 0 spiro atoms. The first-order valence-electron chi connectivity index (χ1n) is 8.91. The summed E-state index contributed by atoms with van der Waals surface area (Å²) in [4.78, 5) is 11.6. The normalized spacial score (nSPS) is 26.3. The molecule has 5 unspecified atom stereocenters. The second-order valence-electron chi connectivity index (χ2n) is 6.65. The minimum atomic E-state index is -1.57. The first kappa shape index (κ1) is 22.8. The number of rotatable bonds is 5. The summed E-state index contributed by atoms with van der Waals surface area (Å²) in [5.41, 5.74) is 1.52. The average molecular weight is 459 g/mol. The van der Waals surface area contributed by atoms with Gasteiger partial charge in [0.1, 0.15) is 30.2 Å². The zero-order valence-corrected chi connectivity index (χ0v) is 17.2. The molecule has 30 heavy (non-hydrogen) atoms. The number of aliphatic hydroxyl groups is 4. The van der Waals surface area contributed by atoms with Crippen molar-refractivity contribution in [1.29, 1.82) is 0 Å². The van der Waals surface area contributed by atoms with E-state index in [9.17, 15) is 25.2 Å². The number of hydrogen-bond acceptors (Lipinski definition) is 8. The molecule has 2 aromatic rings. The lowest BCUT2D eigenvalue weighted by molar-refractivity contribution is -0.277. The summed E-state index contributed by atoms with van der Waals surface area (Å²) in [5, 5.41) is 39.5. The molecular formula is C20H20Cl2O8. The van der Waals surface area contributed by atoms with E-state index in [2.05, 4.69) is 4.74 Å². The summed E-state index contributed by atoms with van der Waals surface area (Å²) < 4.78 is 15.5. The van der Waals surface area contributed by atoms with Crippen LogP contribution in [0.4, 0.5) is 0 Å². The number of halogens is 2. The van der Waals surface area contributed by atoms with E-state index in [1.807, 2.05) is 0 Å². The van der Waals surface area contributed by atoms with Gasteiger partial charge >= 0.3 is 5.97 Å². The molecule has 0 aromatic heterocycles. The second-order valence-corrected chi connectivity index (χ2v) is 7.46. The van der Waals surface area contributed by atoms with E-state index >= 15 is 0 Å². The molecule has 0 radical (unpaired) electrons. The van der Waals surface area contributed by atoms with Crippen LogP contribution >= 0.6 is 23.2 Å². The van der Waals surface area contributed by atoms with Crippen molar-refractivity contribution in [2.45, 2.75) is 30.7 Å². The zero-order chi connectivity index (χ0) is 22.0. The van der Waals surface area contributed by atoms with Crippen LogP contribution in [0.3, 0.4) is 0 Å². The van der Waals surface area contributed by atoms with Crippen LogP contribution in [0.5, 0.6) is 5.75 Å². The van der Waals surface area contributed by atoms with Crippen LogP contribution in [-0.2, 0) is 9.47 Å². The van der Waals surface area contributed by atoms with Crippen LogP contribution in [0.1, 0.15) is 10.4 Å². The van der Waals surface area contributed by atoms with Gasteiger partial charge in [0.25, 0.3) is 0 Å². The maximum absolute atomic E-state index is 11.6. The van der Waals surface area contributed by atoms with Gasteiger partial charge in [0.15, 0.2) is 0 Å². The summed E-state index contributed by atoms with van der Waals surface area (Å²) in [6, 6.07) is 9.37. The topological polar surface area (TPSA) is 126 Å². The second kappa shape index (κ2) is 9.49. The van der Waals surface area contributed by atoms with Crippen molar-refractivity contribution >= 4 is 29.2 Å². The lowest BCUT2D eigenvalue weighted by Crippen LogP contribution is -2.60. The summed E-state index contributed by atoms with van der Waals surface area (Å²) in [5.74, 6) is -0.328. The molecule has 5 atom stereocenters. The molecule has 0 saturated carbocycles. The Bertz CT molecular complexity index is 879. The quantitative estimate of drug-likeness (QED) is 0.498. The van der Waals surface area contributed by atoms with E-state index < -0.39 is 43.3 Å². The highest BCUT2D eigenvalue weighted by Crippen LogP contribution is 2.39. The maximum Gasteiger partial charge on any atom is 0.337 e. The van der Waals surface area contributed by atoms with Crippen molar-refractivity contribution in [1.82, 2.24) is 0 Å². The van der Waals surface area contributed by atoms with Crippen molar-refractivity contribution in [3.8, 4) is 16.9 Å². The maximum atomic E-state index is 11.6. The molecule has 8 nitrogen and oxygen atoms in total. The van der Waals surface area contributed by atoms with Crippen LogP contribution in [0.25, 0.3) is 11.1 Å². The molecule has 0 aliphatic carbocycles. The number of hydrogen-bond donors (Lipinski definition) is 4. The molecule has 1 aliphatic rings. The molecule has 4 N–H and O–H groups in total. The fraction of sp³-hybridized carbons (Fsp3) is 0.350. The van der Waals surface area contributed by atoms with Gasteiger partial charge in [0.05, 0.1) is 29.3 Å². The standard InChI is InChI=1S/C20H20Cl2O8/c1-28-19(27)10-4-2-9(3-5-10)15-12(21)6-11(7-13(15)22)29-20-18(26)17(25)16(24)14(8-23)30-20/h2-7,14,16-18,20,23-26H,8H2,1H3. The van der Waals surface area contributed by atoms with Gasteiger partial charge in [-0.15, -0.1) is 0 Å². The van der Waals surface area contributed by atoms with Crippen LogP contribution in [0, 0.1) is 0 Å². The van der Waals surface area contributed by atoms with E-state index in [-0.39, 0.29) is 15.8 Å². The summed E-state index contributed by atoms with van der Waals surface area (Å²) in [7, 11) is 1.29. The zero-order valence-electron chi connectivity index (χ0n) is 15.7. The van der Waals surface area contributed by atoms with Crippen LogP contribution in [-0.4, -0.2) is 70.8 Å². The highest BCUT2D eigenvalue weighted by Gasteiger charge is 2.44. The molecular weight excluding hydrogens is 439 g/mol. The molecule has 3 rings (SSSR count). The van der Waals surface area contributed by atoms with Gasteiger partial charge in [-0.3, -0.25) is 0 Å². The molecule has 162 valence electrons. The van der Waals surface area contributed by atoms with Crippen molar-refractivity contribution in [3.63, 3.8) is 0 Å². The lowest BCUT2D eigenvalue weighted by Gasteiger charge is -2.39. The first-order chi connectivity index (χ1) is 14.3. The van der Waals surface area contributed by atoms with E-state index in [1.54, 1.807) is 24.3 Å². The molecule has 0 bridgehead atoms. The predicted molar refractivity (Wildman–Crippen MR) is 108 cm³/mol. The Balaban J connectivity index is 1.83. The molecule has 2 aromatic carbocycles. The van der Waals surface area contributed by atoms with E-state index in [1.165, 1.54) is 19.2 Å². The minimum Gasteiger partial charge on any atom is -0.465 e. The fourth-order valence-electron chi connectivity index (χ4n) is 3.08. The summed E-state index contributed by atoms with van der Waals surface area (Å²) in [6.07, 6.45) is -7.09.